The van der Waals surface area contributed by atoms with Gasteiger partial charge in [-0.1, -0.05) is 18.9 Å². The molecule has 2 aliphatic heterocycles. The maximum absolute atomic E-state index is 6.45. The Labute approximate surface area is 126 Å². The highest BCUT2D eigenvalue weighted by atomic mass is 16.7. The van der Waals surface area contributed by atoms with Crippen LogP contribution in [0.25, 0.3) is 0 Å². The fraction of sp³-hybridized carbons (Fsp3) is 0.647. The van der Waals surface area contributed by atoms with Gasteiger partial charge in [0.05, 0.1) is 0 Å². The van der Waals surface area contributed by atoms with Gasteiger partial charge in [0.2, 0.25) is 6.79 Å². The first-order valence-corrected chi connectivity index (χ1v) is 8.20. The molecule has 0 spiro atoms. The summed E-state index contributed by atoms with van der Waals surface area (Å²) in [7, 11) is 0. The van der Waals surface area contributed by atoms with Crippen LogP contribution in [0.2, 0.25) is 0 Å². The normalized spacial score (nSPS) is 29.4. The minimum atomic E-state index is 0.0557. The lowest BCUT2D eigenvalue weighted by Gasteiger charge is -2.33. The molecule has 4 nitrogen and oxygen atoms in total. The van der Waals surface area contributed by atoms with E-state index >= 15 is 0 Å². The van der Waals surface area contributed by atoms with Gasteiger partial charge in [-0.2, -0.15) is 0 Å². The second-order valence-electron chi connectivity index (χ2n) is 6.61. The van der Waals surface area contributed by atoms with Crippen molar-refractivity contribution in [2.24, 2.45) is 11.7 Å². The van der Waals surface area contributed by atoms with Crippen molar-refractivity contribution in [3.63, 3.8) is 0 Å². The highest BCUT2D eigenvalue weighted by Crippen LogP contribution is 2.38. The van der Waals surface area contributed by atoms with Gasteiger partial charge in [0, 0.05) is 18.6 Å². The first-order valence-electron chi connectivity index (χ1n) is 8.20. The molecular formula is C17H24N2O2. The van der Waals surface area contributed by atoms with Crippen LogP contribution < -0.4 is 15.2 Å². The van der Waals surface area contributed by atoms with E-state index in [1.807, 2.05) is 12.1 Å². The lowest BCUT2D eigenvalue weighted by atomic mass is 9.85. The van der Waals surface area contributed by atoms with Gasteiger partial charge in [-0.25, -0.2) is 0 Å². The van der Waals surface area contributed by atoms with E-state index in [-0.39, 0.29) is 6.04 Å². The molecule has 3 unspecified atom stereocenters. The summed E-state index contributed by atoms with van der Waals surface area (Å²) in [5.41, 5.74) is 7.60. The third-order valence-corrected chi connectivity index (χ3v) is 5.38. The Morgan fingerprint density at radius 2 is 2.00 bits per heavy atom. The summed E-state index contributed by atoms with van der Waals surface area (Å²) in [6.07, 6.45) is 6.94. The van der Waals surface area contributed by atoms with Crippen LogP contribution in [-0.4, -0.2) is 30.8 Å². The number of hydrogen-bond donors (Lipinski definition) is 1. The first kappa shape index (κ1) is 13.4. The van der Waals surface area contributed by atoms with E-state index in [0.29, 0.717) is 6.79 Å². The summed E-state index contributed by atoms with van der Waals surface area (Å²) in [5.74, 6) is 2.59. The van der Waals surface area contributed by atoms with Gasteiger partial charge in [0.25, 0.3) is 0 Å². The van der Waals surface area contributed by atoms with Crippen molar-refractivity contribution >= 4 is 0 Å². The summed E-state index contributed by atoms with van der Waals surface area (Å²) in [5, 5.41) is 0. The number of hydrogen-bond acceptors (Lipinski definition) is 4. The van der Waals surface area contributed by atoms with E-state index in [9.17, 15) is 0 Å². The van der Waals surface area contributed by atoms with E-state index in [4.69, 9.17) is 15.2 Å². The molecule has 1 aromatic carbocycles. The van der Waals surface area contributed by atoms with Gasteiger partial charge in [-0.15, -0.1) is 0 Å². The molecule has 2 N–H and O–H groups in total. The monoisotopic (exact) mass is 288 g/mol. The number of nitrogens with zero attached hydrogens (tertiary/aromatic N) is 1. The van der Waals surface area contributed by atoms with E-state index < -0.39 is 0 Å². The van der Waals surface area contributed by atoms with Crippen LogP contribution in [0.3, 0.4) is 0 Å². The molecule has 1 aliphatic carbocycles. The van der Waals surface area contributed by atoms with Crippen molar-refractivity contribution in [3.05, 3.63) is 23.8 Å². The molecule has 3 atom stereocenters. The van der Waals surface area contributed by atoms with Crippen molar-refractivity contribution in [2.45, 2.75) is 44.2 Å². The minimum Gasteiger partial charge on any atom is -0.454 e. The predicted molar refractivity (Wildman–Crippen MR) is 81.4 cm³/mol. The number of likely N-dealkylation sites (tertiary alicyclic amines) is 1. The summed E-state index contributed by atoms with van der Waals surface area (Å²) >= 11 is 0. The zero-order chi connectivity index (χ0) is 14.2. The van der Waals surface area contributed by atoms with Crippen LogP contribution >= 0.6 is 0 Å². The topological polar surface area (TPSA) is 47.7 Å². The Hall–Kier alpha value is -1.26. The maximum atomic E-state index is 6.45. The lowest BCUT2D eigenvalue weighted by molar-refractivity contribution is 0.172. The Balaban J connectivity index is 1.44. The van der Waals surface area contributed by atoms with Gasteiger partial charge < -0.3 is 15.2 Å². The van der Waals surface area contributed by atoms with Crippen LogP contribution in [-0.2, 0) is 0 Å². The quantitative estimate of drug-likeness (QED) is 0.929. The third kappa shape index (κ3) is 2.51. The largest absolute Gasteiger partial charge is 0.454 e. The number of fused-ring (bicyclic) bond motifs is 2. The Morgan fingerprint density at radius 3 is 2.95 bits per heavy atom. The van der Waals surface area contributed by atoms with Crippen LogP contribution in [0.1, 0.15) is 43.7 Å². The molecule has 1 saturated heterocycles. The number of benzene rings is 1. The zero-order valence-corrected chi connectivity index (χ0v) is 12.5. The van der Waals surface area contributed by atoms with Gasteiger partial charge in [0.15, 0.2) is 11.5 Å². The van der Waals surface area contributed by atoms with E-state index in [0.717, 1.165) is 35.6 Å². The fourth-order valence-electron chi connectivity index (χ4n) is 4.23. The second kappa shape index (κ2) is 5.50. The standard InChI is InChI=1S/C17H24N2O2/c18-14(13-5-6-16-17(9-13)21-11-20-16)10-19-8-7-12-3-1-2-4-15(12)19/h5-6,9,12,14-15H,1-4,7-8,10-11,18H2. The summed E-state index contributed by atoms with van der Waals surface area (Å²) in [4.78, 5) is 2.62. The second-order valence-corrected chi connectivity index (χ2v) is 6.61. The molecule has 0 aromatic heterocycles. The average molecular weight is 288 g/mol. The van der Waals surface area contributed by atoms with Crippen LogP contribution in [0.5, 0.6) is 11.5 Å². The molecule has 0 radical (unpaired) electrons. The number of ether oxygens (including phenoxy) is 2. The predicted octanol–water partition coefficient (Wildman–Crippen LogP) is 2.68. The SMILES string of the molecule is NC(CN1CCC2CCCCC21)c1ccc2c(c1)OCO2. The third-order valence-electron chi connectivity index (χ3n) is 5.38. The van der Waals surface area contributed by atoms with Gasteiger partial charge in [-0.3, -0.25) is 4.90 Å². The van der Waals surface area contributed by atoms with Gasteiger partial charge in [0.1, 0.15) is 0 Å². The first-order chi connectivity index (χ1) is 10.3. The van der Waals surface area contributed by atoms with E-state index in [2.05, 4.69) is 11.0 Å². The van der Waals surface area contributed by atoms with Crippen molar-refractivity contribution in [2.75, 3.05) is 19.9 Å². The molecule has 1 aromatic rings. The van der Waals surface area contributed by atoms with E-state index in [1.165, 1.54) is 38.6 Å². The maximum Gasteiger partial charge on any atom is 0.231 e. The van der Waals surface area contributed by atoms with Crippen LogP contribution in [0.15, 0.2) is 18.2 Å². The lowest BCUT2D eigenvalue weighted by Crippen LogP contribution is -2.39. The summed E-state index contributed by atoms with van der Waals surface area (Å²) in [6, 6.07) is 6.93. The molecule has 114 valence electrons. The Bertz CT molecular complexity index is 520. The Kier molecular flexibility index (Phi) is 3.51. The molecule has 2 fully saturated rings. The molecule has 4 rings (SSSR count). The molecule has 4 heteroatoms. The summed E-state index contributed by atoms with van der Waals surface area (Å²) < 4.78 is 10.8. The summed E-state index contributed by atoms with van der Waals surface area (Å²) in [6.45, 7) is 2.50. The van der Waals surface area contributed by atoms with Crippen LogP contribution in [0, 0.1) is 5.92 Å². The van der Waals surface area contributed by atoms with E-state index in [1.54, 1.807) is 0 Å². The van der Waals surface area contributed by atoms with Crippen molar-refractivity contribution in [1.82, 2.24) is 4.90 Å². The smallest absolute Gasteiger partial charge is 0.231 e. The van der Waals surface area contributed by atoms with Crippen LogP contribution in [0.4, 0.5) is 0 Å². The molecule has 1 saturated carbocycles. The number of rotatable bonds is 3. The average Bonchev–Trinajstić information content (AvgIpc) is 3.13. The molecule has 2 heterocycles. The molecule has 21 heavy (non-hydrogen) atoms. The molecule has 0 amide bonds. The zero-order valence-electron chi connectivity index (χ0n) is 12.5. The van der Waals surface area contributed by atoms with Gasteiger partial charge in [-0.05, 0) is 49.4 Å². The van der Waals surface area contributed by atoms with Crippen molar-refractivity contribution < 1.29 is 9.47 Å². The highest BCUT2D eigenvalue weighted by Gasteiger charge is 2.36. The molecular weight excluding hydrogens is 264 g/mol. The Morgan fingerprint density at radius 1 is 1.14 bits per heavy atom. The molecule has 3 aliphatic rings. The highest BCUT2D eigenvalue weighted by molar-refractivity contribution is 5.45. The van der Waals surface area contributed by atoms with Crippen molar-refractivity contribution in [3.8, 4) is 11.5 Å². The minimum absolute atomic E-state index is 0.0557. The van der Waals surface area contributed by atoms with Crippen molar-refractivity contribution in [1.29, 1.82) is 0 Å². The molecule has 0 bridgehead atoms. The fourth-order valence-corrected chi connectivity index (χ4v) is 4.23. The number of nitrogens with two attached hydrogens (primary N) is 1. The van der Waals surface area contributed by atoms with Gasteiger partial charge >= 0.3 is 0 Å².